The number of nitrogens with zero attached hydrogens (tertiary/aromatic N) is 8. The van der Waals surface area contributed by atoms with Gasteiger partial charge in [-0.05, 0) is 66.4 Å². The van der Waals surface area contributed by atoms with E-state index in [4.69, 9.17) is 4.74 Å². The van der Waals surface area contributed by atoms with Crippen LogP contribution in [0.1, 0.15) is 32.0 Å². The second kappa shape index (κ2) is 10.8. The highest BCUT2D eigenvalue weighted by Crippen LogP contribution is 2.41. The Balaban J connectivity index is 1.50. The fourth-order valence-corrected chi connectivity index (χ4v) is 4.68. The fraction of sp³-hybridized carbons (Fsp3) is 0.385. The van der Waals surface area contributed by atoms with Crippen molar-refractivity contribution in [1.29, 1.82) is 0 Å². The fourth-order valence-electron chi connectivity index (χ4n) is 4.68. The van der Waals surface area contributed by atoms with Crippen molar-refractivity contribution in [2.45, 2.75) is 39.8 Å². The Kier molecular flexibility index (Phi) is 7.13. The molecular weight excluding hydrogens is 454 g/mol. The Morgan fingerprint density at radius 2 is 2.00 bits per heavy atom. The zero-order valence-electron chi connectivity index (χ0n) is 20.9. The van der Waals surface area contributed by atoms with Gasteiger partial charge in [-0.15, -0.1) is 10.2 Å². The summed E-state index contributed by atoms with van der Waals surface area (Å²) in [6.45, 7) is 10.1. The van der Waals surface area contributed by atoms with Crippen molar-refractivity contribution in [3.8, 4) is 22.9 Å². The first-order valence-electron chi connectivity index (χ1n) is 12.3. The average Bonchev–Trinajstić information content (AvgIpc) is 3.40. The molecule has 0 amide bonds. The molecule has 1 aromatic carbocycles. The van der Waals surface area contributed by atoms with Gasteiger partial charge in [0, 0.05) is 44.6 Å². The minimum atomic E-state index is 0.315. The van der Waals surface area contributed by atoms with Gasteiger partial charge in [-0.1, -0.05) is 13.8 Å². The summed E-state index contributed by atoms with van der Waals surface area (Å²) in [5.74, 6) is 2.38. The lowest BCUT2D eigenvalue weighted by atomic mass is 9.98. The molecular formula is C26H31N9O. The van der Waals surface area contributed by atoms with Crippen LogP contribution in [-0.4, -0.2) is 66.4 Å². The number of piperazine rings is 1. The Morgan fingerprint density at radius 1 is 1.11 bits per heavy atom. The average molecular weight is 486 g/mol. The van der Waals surface area contributed by atoms with Gasteiger partial charge >= 0.3 is 0 Å². The Morgan fingerprint density at radius 3 is 2.69 bits per heavy atom. The van der Waals surface area contributed by atoms with Gasteiger partial charge in [0.25, 0.3) is 0 Å². The predicted octanol–water partition coefficient (Wildman–Crippen LogP) is 3.75. The van der Waals surface area contributed by atoms with E-state index in [9.17, 15) is 0 Å². The van der Waals surface area contributed by atoms with Crippen LogP contribution in [0.15, 0.2) is 55.0 Å². The summed E-state index contributed by atoms with van der Waals surface area (Å²) < 4.78 is 6.38. The maximum absolute atomic E-state index is 6.38. The number of anilines is 1. The maximum atomic E-state index is 6.38. The van der Waals surface area contributed by atoms with E-state index in [1.165, 1.54) is 5.56 Å². The third-order valence-electron chi connectivity index (χ3n) is 6.31. The van der Waals surface area contributed by atoms with Crippen molar-refractivity contribution in [2.75, 3.05) is 24.5 Å². The molecule has 0 unspecified atom stereocenters. The van der Waals surface area contributed by atoms with Crippen LogP contribution in [0, 0.1) is 5.92 Å². The number of pyridine rings is 1. The van der Waals surface area contributed by atoms with Gasteiger partial charge in [0.2, 0.25) is 5.82 Å². The van der Waals surface area contributed by atoms with Gasteiger partial charge in [0.1, 0.15) is 11.5 Å². The second-order valence-corrected chi connectivity index (χ2v) is 9.59. The SMILES string of the molecule is CC(C)Cc1cc(Oc2cccnc2)c(-c2nn[nH]n2)c(N2CCN(Cc3cccnn3)[C@@H](C)C2)c1. The number of benzene rings is 1. The maximum Gasteiger partial charge on any atom is 0.210 e. The third-order valence-corrected chi connectivity index (χ3v) is 6.31. The molecule has 1 atom stereocenters. The largest absolute Gasteiger partial charge is 0.455 e. The van der Waals surface area contributed by atoms with Gasteiger partial charge < -0.3 is 9.64 Å². The summed E-state index contributed by atoms with van der Waals surface area (Å²) in [6.07, 6.45) is 6.09. The highest BCUT2D eigenvalue weighted by Gasteiger charge is 2.29. The van der Waals surface area contributed by atoms with Gasteiger partial charge in [-0.25, -0.2) is 0 Å². The smallest absolute Gasteiger partial charge is 0.210 e. The number of rotatable bonds is 8. The summed E-state index contributed by atoms with van der Waals surface area (Å²) in [4.78, 5) is 9.06. The third kappa shape index (κ3) is 5.49. The molecule has 0 saturated carbocycles. The Labute approximate surface area is 210 Å². The molecule has 1 saturated heterocycles. The van der Waals surface area contributed by atoms with Crippen molar-refractivity contribution in [2.24, 2.45) is 5.92 Å². The van der Waals surface area contributed by atoms with E-state index >= 15 is 0 Å². The van der Waals surface area contributed by atoms with Crippen LogP contribution in [-0.2, 0) is 13.0 Å². The van der Waals surface area contributed by atoms with Crippen LogP contribution in [0.5, 0.6) is 11.5 Å². The second-order valence-electron chi connectivity index (χ2n) is 9.59. The molecule has 0 aliphatic carbocycles. The zero-order valence-corrected chi connectivity index (χ0v) is 20.9. The minimum absolute atomic E-state index is 0.315. The number of hydrogen-bond donors (Lipinski definition) is 1. The first-order chi connectivity index (χ1) is 17.6. The van der Waals surface area contributed by atoms with E-state index in [1.807, 2.05) is 24.3 Å². The molecule has 0 spiro atoms. The summed E-state index contributed by atoms with van der Waals surface area (Å²) in [5, 5.41) is 23.4. The van der Waals surface area contributed by atoms with Gasteiger partial charge in [-0.2, -0.15) is 15.4 Å². The van der Waals surface area contributed by atoms with Crippen molar-refractivity contribution in [1.82, 2.24) is 40.7 Å². The number of tetrazole rings is 1. The number of aromatic nitrogens is 7. The van der Waals surface area contributed by atoms with E-state index in [1.54, 1.807) is 18.6 Å². The topological polar surface area (TPSA) is 109 Å². The molecule has 5 rings (SSSR count). The van der Waals surface area contributed by atoms with Gasteiger partial charge in [-0.3, -0.25) is 9.88 Å². The molecule has 10 heteroatoms. The molecule has 1 fully saturated rings. The standard InChI is InChI=1S/C26H31N9O/c1-18(2)12-20-13-23(35-11-10-34(19(3)16-35)17-21-6-4-9-28-29-21)25(26-30-32-33-31-26)24(14-20)36-22-7-5-8-27-15-22/h4-9,13-15,18-19H,10-12,16-17H2,1-3H3,(H,30,31,32,33)/t19-/m0/s1. The molecule has 10 nitrogen and oxygen atoms in total. The molecule has 36 heavy (non-hydrogen) atoms. The van der Waals surface area contributed by atoms with E-state index in [0.29, 0.717) is 29.3 Å². The molecule has 0 bridgehead atoms. The van der Waals surface area contributed by atoms with Gasteiger partial charge in [0.05, 0.1) is 23.1 Å². The van der Waals surface area contributed by atoms with Gasteiger partial charge in [0.15, 0.2) is 0 Å². The minimum Gasteiger partial charge on any atom is -0.455 e. The number of hydrogen-bond acceptors (Lipinski definition) is 9. The molecule has 186 valence electrons. The number of aromatic amines is 1. The highest BCUT2D eigenvalue weighted by atomic mass is 16.5. The Bertz CT molecular complexity index is 1250. The van der Waals surface area contributed by atoms with Crippen LogP contribution in [0.3, 0.4) is 0 Å². The van der Waals surface area contributed by atoms with E-state index in [-0.39, 0.29) is 0 Å². The lowest BCUT2D eigenvalue weighted by Crippen LogP contribution is -2.51. The van der Waals surface area contributed by atoms with Crippen molar-refractivity contribution >= 4 is 5.69 Å². The Hall–Kier alpha value is -3.92. The van der Waals surface area contributed by atoms with Crippen LogP contribution >= 0.6 is 0 Å². The van der Waals surface area contributed by atoms with E-state index in [0.717, 1.165) is 49.5 Å². The van der Waals surface area contributed by atoms with Crippen LogP contribution in [0.2, 0.25) is 0 Å². The predicted molar refractivity (Wildman–Crippen MR) is 137 cm³/mol. The summed E-state index contributed by atoms with van der Waals surface area (Å²) in [5.41, 5.74) is 4.08. The summed E-state index contributed by atoms with van der Waals surface area (Å²) in [7, 11) is 0. The number of ether oxygens (including phenoxy) is 1. The molecule has 0 radical (unpaired) electrons. The van der Waals surface area contributed by atoms with Crippen molar-refractivity contribution < 1.29 is 4.74 Å². The van der Waals surface area contributed by atoms with Crippen LogP contribution in [0.25, 0.3) is 11.4 Å². The molecule has 1 N–H and O–H groups in total. The van der Waals surface area contributed by atoms with E-state index in [2.05, 4.69) is 78.5 Å². The summed E-state index contributed by atoms with van der Waals surface area (Å²) >= 11 is 0. The first-order valence-corrected chi connectivity index (χ1v) is 12.3. The van der Waals surface area contributed by atoms with Crippen molar-refractivity contribution in [3.05, 3.63) is 66.2 Å². The lowest BCUT2D eigenvalue weighted by Gasteiger charge is -2.41. The summed E-state index contributed by atoms with van der Waals surface area (Å²) in [6, 6.07) is 12.4. The quantitative estimate of drug-likeness (QED) is 0.399. The molecule has 4 aromatic rings. The lowest BCUT2D eigenvalue weighted by molar-refractivity contribution is 0.178. The first kappa shape index (κ1) is 23.8. The van der Waals surface area contributed by atoms with Crippen molar-refractivity contribution in [3.63, 3.8) is 0 Å². The molecule has 4 heterocycles. The zero-order chi connectivity index (χ0) is 24.9. The molecule has 1 aliphatic heterocycles. The number of nitrogens with one attached hydrogen (secondary N) is 1. The van der Waals surface area contributed by atoms with Crippen LogP contribution < -0.4 is 9.64 Å². The monoisotopic (exact) mass is 485 g/mol. The number of H-pyrrole nitrogens is 1. The van der Waals surface area contributed by atoms with Crippen LogP contribution in [0.4, 0.5) is 5.69 Å². The molecule has 1 aliphatic rings. The van der Waals surface area contributed by atoms with E-state index < -0.39 is 0 Å². The molecule has 3 aromatic heterocycles. The normalized spacial score (nSPS) is 16.4. The highest BCUT2D eigenvalue weighted by molar-refractivity contribution is 5.81.